The highest BCUT2D eigenvalue weighted by Crippen LogP contribution is 2.26. The lowest BCUT2D eigenvalue weighted by Crippen LogP contribution is -2.37. The van der Waals surface area contributed by atoms with E-state index in [0.29, 0.717) is 6.42 Å². The van der Waals surface area contributed by atoms with E-state index >= 15 is 0 Å². The third-order valence-electron chi connectivity index (χ3n) is 2.45. The molecule has 1 rings (SSSR count). The molecule has 1 aromatic rings. The Balaban J connectivity index is 3.20. The van der Waals surface area contributed by atoms with Crippen LogP contribution in [0.1, 0.15) is 13.3 Å². The molecule has 0 amide bonds. The summed E-state index contributed by atoms with van der Waals surface area (Å²) in [5, 5.41) is 19.5. The van der Waals surface area contributed by atoms with E-state index in [1.165, 1.54) is 0 Å². The van der Waals surface area contributed by atoms with Gasteiger partial charge in [-0.05, 0) is 12.5 Å². The molecule has 0 spiro atoms. The summed E-state index contributed by atoms with van der Waals surface area (Å²) < 4.78 is 26.3. The lowest BCUT2D eigenvalue weighted by atomic mass is 10.3. The number of nitro benzene ring substituents is 1. The molecular weight excluding hydrogens is 296 g/mol. The van der Waals surface area contributed by atoms with Gasteiger partial charge in [-0.2, -0.15) is 0 Å². The Morgan fingerprint density at radius 3 is 2.63 bits per heavy atom. The summed E-state index contributed by atoms with van der Waals surface area (Å²) in [5.41, 5.74) is -0.373. The molecule has 1 unspecified atom stereocenters. The number of hydrogen-bond acceptors (Lipinski definition) is 5. The van der Waals surface area contributed by atoms with Crippen LogP contribution in [0.5, 0.6) is 0 Å². The summed E-state index contributed by atoms with van der Waals surface area (Å²) in [6, 6.07) is 2.48. The van der Waals surface area contributed by atoms with Crippen LogP contribution in [0.25, 0.3) is 0 Å². The van der Waals surface area contributed by atoms with Crippen LogP contribution in [0.2, 0.25) is 5.02 Å². The number of benzene rings is 1. The largest absolute Gasteiger partial charge is 0.395 e. The second kappa shape index (κ2) is 6.29. The lowest BCUT2D eigenvalue weighted by molar-refractivity contribution is -0.385. The highest BCUT2D eigenvalue weighted by atomic mass is 35.5. The van der Waals surface area contributed by atoms with Crippen molar-refractivity contribution in [3.8, 4) is 0 Å². The minimum absolute atomic E-state index is 0.120. The highest BCUT2D eigenvalue weighted by molar-refractivity contribution is 7.89. The molecule has 1 aromatic carbocycles. The van der Waals surface area contributed by atoms with Crippen molar-refractivity contribution < 1.29 is 18.4 Å². The number of non-ortho nitro benzene ring substituents is 1. The summed E-state index contributed by atoms with van der Waals surface area (Å²) in [6.45, 7) is 1.32. The van der Waals surface area contributed by atoms with Gasteiger partial charge in [0.1, 0.15) is 4.90 Å². The molecule has 0 aromatic heterocycles. The maximum absolute atomic E-state index is 12.0. The number of sulfonamides is 1. The van der Waals surface area contributed by atoms with Gasteiger partial charge in [-0.25, -0.2) is 13.1 Å². The molecule has 0 saturated heterocycles. The summed E-state index contributed by atoms with van der Waals surface area (Å²) in [4.78, 5) is 9.54. The Morgan fingerprint density at radius 1 is 1.53 bits per heavy atom. The van der Waals surface area contributed by atoms with Gasteiger partial charge in [-0.15, -0.1) is 0 Å². The minimum atomic E-state index is -4.02. The van der Waals surface area contributed by atoms with E-state index in [-0.39, 0.29) is 22.2 Å². The number of nitro groups is 1. The zero-order valence-corrected chi connectivity index (χ0v) is 11.6. The first-order valence-corrected chi connectivity index (χ1v) is 7.25. The van der Waals surface area contributed by atoms with Gasteiger partial charge >= 0.3 is 0 Å². The Kier molecular flexibility index (Phi) is 5.24. The first kappa shape index (κ1) is 15.8. The van der Waals surface area contributed by atoms with E-state index in [1.54, 1.807) is 6.92 Å². The van der Waals surface area contributed by atoms with Crippen molar-refractivity contribution in [3.05, 3.63) is 33.3 Å². The van der Waals surface area contributed by atoms with E-state index in [0.717, 1.165) is 18.2 Å². The second-order valence-electron chi connectivity index (χ2n) is 3.78. The SMILES string of the molecule is CCC(CO)NS(=O)(=O)c1cc([N+](=O)[O-])ccc1Cl. The van der Waals surface area contributed by atoms with Crippen LogP contribution in [-0.4, -0.2) is 31.1 Å². The van der Waals surface area contributed by atoms with Gasteiger partial charge in [0.25, 0.3) is 5.69 Å². The van der Waals surface area contributed by atoms with Gasteiger partial charge < -0.3 is 5.11 Å². The molecule has 0 aliphatic heterocycles. The van der Waals surface area contributed by atoms with Crippen molar-refractivity contribution in [1.82, 2.24) is 4.72 Å². The number of halogens is 1. The molecule has 2 N–H and O–H groups in total. The second-order valence-corrected chi connectivity index (χ2v) is 5.87. The molecule has 0 bridgehead atoms. The molecule has 0 saturated carbocycles. The minimum Gasteiger partial charge on any atom is -0.395 e. The van der Waals surface area contributed by atoms with Crippen molar-refractivity contribution in [2.24, 2.45) is 0 Å². The molecule has 9 heteroatoms. The van der Waals surface area contributed by atoms with Crippen LogP contribution < -0.4 is 4.72 Å². The summed E-state index contributed by atoms with van der Waals surface area (Å²) in [7, 11) is -4.02. The van der Waals surface area contributed by atoms with Crippen LogP contribution in [-0.2, 0) is 10.0 Å². The van der Waals surface area contributed by atoms with Crippen LogP contribution in [0.4, 0.5) is 5.69 Å². The molecule has 7 nitrogen and oxygen atoms in total. The quantitative estimate of drug-likeness (QED) is 0.608. The average molecular weight is 309 g/mol. The van der Waals surface area contributed by atoms with Crippen LogP contribution in [0, 0.1) is 10.1 Å². The first-order chi connectivity index (χ1) is 8.81. The fraction of sp³-hybridized carbons (Fsp3) is 0.400. The molecule has 0 aliphatic carbocycles. The van der Waals surface area contributed by atoms with Gasteiger partial charge in [-0.1, -0.05) is 18.5 Å². The van der Waals surface area contributed by atoms with Gasteiger partial charge in [0.2, 0.25) is 10.0 Å². The van der Waals surface area contributed by atoms with E-state index < -0.39 is 21.0 Å². The van der Waals surface area contributed by atoms with Gasteiger partial charge in [0, 0.05) is 18.2 Å². The van der Waals surface area contributed by atoms with Crippen molar-refractivity contribution in [2.45, 2.75) is 24.3 Å². The summed E-state index contributed by atoms with van der Waals surface area (Å²) >= 11 is 5.75. The molecule has 0 fully saturated rings. The summed E-state index contributed by atoms with van der Waals surface area (Å²) in [5.74, 6) is 0. The zero-order valence-electron chi connectivity index (χ0n) is 10.0. The van der Waals surface area contributed by atoms with Crippen molar-refractivity contribution in [1.29, 1.82) is 0 Å². The van der Waals surface area contributed by atoms with Gasteiger partial charge in [0.05, 0.1) is 16.6 Å². The third kappa shape index (κ3) is 3.87. The van der Waals surface area contributed by atoms with Crippen LogP contribution in [0.3, 0.4) is 0 Å². The first-order valence-electron chi connectivity index (χ1n) is 5.39. The summed E-state index contributed by atoms with van der Waals surface area (Å²) in [6.07, 6.45) is 0.377. The predicted molar refractivity (Wildman–Crippen MR) is 69.6 cm³/mol. The van der Waals surface area contributed by atoms with Crippen LogP contribution >= 0.6 is 11.6 Å². The van der Waals surface area contributed by atoms with Crippen molar-refractivity contribution in [3.63, 3.8) is 0 Å². The van der Waals surface area contributed by atoms with Gasteiger partial charge in [0.15, 0.2) is 0 Å². The Labute approximate surface area is 115 Å². The Hall–Kier alpha value is -1.22. The van der Waals surface area contributed by atoms with E-state index in [2.05, 4.69) is 4.72 Å². The monoisotopic (exact) mass is 308 g/mol. The maximum atomic E-state index is 12.0. The average Bonchev–Trinajstić information content (AvgIpc) is 2.35. The van der Waals surface area contributed by atoms with E-state index in [1.807, 2.05) is 0 Å². The Morgan fingerprint density at radius 2 is 2.16 bits per heavy atom. The number of hydrogen-bond donors (Lipinski definition) is 2. The lowest BCUT2D eigenvalue weighted by Gasteiger charge is -2.14. The van der Waals surface area contributed by atoms with Gasteiger partial charge in [-0.3, -0.25) is 10.1 Å². The smallest absolute Gasteiger partial charge is 0.270 e. The third-order valence-corrected chi connectivity index (χ3v) is 4.45. The number of aliphatic hydroxyl groups excluding tert-OH is 1. The topological polar surface area (TPSA) is 110 Å². The number of nitrogens with one attached hydrogen (secondary N) is 1. The zero-order chi connectivity index (χ0) is 14.6. The molecule has 0 heterocycles. The van der Waals surface area contributed by atoms with Crippen molar-refractivity contribution in [2.75, 3.05) is 6.61 Å². The normalized spacial score (nSPS) is 13.2. The molecule has 1 atom stereocenters. The van der Waals surface area contributed by atoms with E-state index in [9.17, 15) is 18.5 Å². The standard InChI is InChI=1S/C10H13ClN2O5S/c1-2-7(6-14)12-19(17,18)10-5-8(13(15)16)3-4-9(10)11/h3-5,7,12,14H,2,6H2,1H3. The maximum Gasteiger partial charge on any atom is 0.270 e. The fourth-order valence-electron chi connectivity index (χ4n) is 1.34. The molecule has 106 valence electrons. The van der Waals surface area contributed by atoms with E-state index in [4.69, 9.17) is 16.7 Å². The number of rotatable bonds is 6. The molecular formula is C10H13ClN2O5S. The van der Waals surface area contributed by atoms with Crippen LogP contribution in [0.15, 0.2) is 23.1 Å². The number of nitrogens with zero attached hydrogens (tertiary/aromatic N) is 1. The molecule has 0 aliphatic rings. The predicted octanol–water partition coefficient (Wildman–Crippen LogP) is 1.30. The van der Waals surface area contributed by atoms with Crippen molar-refractivity contribution >= 4 is 27.3 Å². The molecule has 0 radical (unpaired) electrons. The molecule has 19 heavy (non-hydrogen) atoms. The highest BCUT2D eigenvalue weighted by Gasteiger charge is 2.23. The Bertz CT molecular complexity index is 571. The fourth-order valence-corrected chi connectivity index (χ4v) is 3.17. The number of aliphatic hydroxyl groups is 1.